The Kier molecular flexibility index (Phi) is 6.80. The van der Waals surface area contributed by atoms with Crippen LogP contribution in [0.2, 0.25) is 0 Å². The van der Waals surface area contributed by atoms with Crippen LogP contribution in [0.1, 0.15) is 33.4 Å². The Morgan fingerprint density at radius 2 is 1.91 bits per heavy atom. The number of aromatic nitrogens is 1. The minimum absolute atomic E-state index is 0.0370. The van der Waals surface area contributed by atoms with Gasteiger partial charge in [0.15, 0.2) is 0 Å². The number of esters is 1. The van der Waals surface area contributed by atoms with Gasteiger partial charge in [0.1, 0.15) is 11.6 Å². The smallest absolute Gasteiger partial charge is 0.339 e. The van der Waals surface area contributed by atoms with Gasteiger partial charge in [-0.1, -0.05) is 18.2 Å². The first-order valence-electron chi connectivity index (χ1n) is 10.6. The van der Waals surface area contributed by atoms with Crippen molar-refractivity contribution in [3.8, 4) is 10.4 Å². The highest BCUT2D eigenvalue weighted by atomic mass is 32.1. The van der Waals surface area contributed by atoms with E-state index in [9.17, 15) is 14.0 Å². The molecular weight excluding hydrogens is 429 g/mol. The van der Waals surface area contributed by atoms with Crippen molar-refractivity contribution in [1.82, 2.24) is 9.88 Å². The lowest BCUT2D eigenvalue weighted by Gasteiger charge is -2.22. The van der Waals surface area contributed by atoms with Crippen molar-refractivity contribution in [3.05, 3.63) is 71.0 Å². The van der Waals surface area contributed by atoms with Gasteiger partial charge < -0.3 is 14.5 Å². The van der Waals surface area contributed by atoms with E-state index in [0.717, 1.165) is 23.7 Å². The third-order valence-electron chi connectivity index (χ3n) is 5.32. The average Bonchev–Trinajstić information content (AvgIpc) is 3.17. The molecule has 0 N–H and O–H groups in total. The molecule has 2 aromatic heterocycles. The molecule has 0 saturated carbocycles. The van der Waals surface area contributed by atoms with Crippen molar-refractivity contribution in [2.75, 3.05) is 37.7 Å². The molecule has 1 aliphatic rings. The second-order valence-corrected chi connectivity index (χ2v) is 8.49. The van der Waals surface area contributed by atoms with Crippen molar-refractivity contribution in [2.45, 2.75) is 13.3 Å². The number of ether oxygens (including phenoxy) is 1. The lowest BCUT2D eigenvalue weighted by molar-refractivity contribution is 0.0525. The summed E-state index contributed by atoms with van der Waals surface area (Å²) in [5.41, 5.74) is 0.932. The van der Waals surface area contributed by atoms with Crippen LogP contribution in [0.15, 0.2) is 54.7 Å². The zero-order valence-corrected chi connectivity index (χ0v) is 18.6. The molecule has 6 nitrogen and oxygen atoms in total. The number of hydrogen-bond donors (Lipinski definition) is 0. The van der Waals surface area contributed by atoms with Crippen LogP contribution in [-0.2, 0) is 4.74 Å². The van der Waals surface area contributed by atoms with Crippen molar-refractivity contribution in [1.29, 1.82) is 0 Å². The van der Waals surface area contributed by atoms with Gasteiger partial charge in [0, 0.05) is 42.8 Å². The maximum Gasteiger partial charge on any atom is 0.339 e. The summed E-state index contributed by atoms with van der Waals surface area (Å²) in [6, 6.07) is 13.7. The van der Waals surface area contributed by atoms with E-state index in [2.05, 4.69) is 9.88 Å². The van der Waals surface area contributed by atoms with Crippen molar-refractivity contribution in [3.63, 3.8) is 0 Å². The standard InChI is InChI=1S/C24H24FN3O3S/c1-2-31-24(30)17-8-11-22(26-16-17)27-12-5-13-28(15-14-27)23(29)21-10-9-20(32-21)18-6-3-4-7-19(18)25/h3-4,6-11,16H,2,5,12-15H2,1H3. The minimum atomic E-state index is -0.384. The van der Waals surface area contributed by atoms with E-state index in [0.29, 0.717) is 42.2 Å². The lowest BCUT2D eigenvalue weighted by Crippen LogP contribution is -2.35. The normalized spacial score (nSPS) is 14.2. The summed E-state index contributed by atoms with van der Waals surface area (Å²) < 4.78 is 19.1. The number of thiophene rings is 1. The third-order valence-corrected chi connectivity index (χ3v) is 6.43. The molecule has 0 bridgehead atoms. The van der Waals surface area contributed by atoms with Crippen LogP contribution in [0.25, 0.3) is 10.4 Å². The zero-order chi connectivity index (χ0) is 22.5. The SMILES string of the molecule is CCOC(=O)c1ccc(N2CCCN(C(=O)c3ccc(-c4ccccc4F)s3)CC2)nc1. The Hall–Kier alpha value is -3.26. The number of carbonyl (C=O) groups excluding carboxylic acids is 2. The third kappa shape index (κ3) is 4.80. The molecular formula is C24H24FN3O3S. The van der Waals surface area contributed by atoms with E-state index >= 15 is 0 Å². The molecule has 1 aliphatic heterocycles. The van der Waals surface area contributed by atoms with Crippen LogP contribution in [0.5, 0.6) is 0 Å². The summed E-state index contributed by atoms with van der Waals surface area (Å²) in [6.45, 7) is 4.70. The predicted octanol–water partition coefficient (Wildman–Crippen LogP) is 4.48. The number of nitrogens with zero attached hydrogens (tertiary/aromatic N) is 3. The number of halogens is 1. The topological polar surface area (TPSA) is 62.7 Å². The fraction of sp³-hybridized carbons (Fsp3) is 0.292. The van der Waals surface area contributed by atoms with Gasteiger partial charge in [-0.05, 0) is 43.7 Å². The Labute approximate surface area is 190 Å². The Morgan fingerprint density at radius 1 is 1.06 bits per heavy atom. The van der Waals surface area contributed by atoms with E-state index in [1.54, 1.807) is 43.3 Å². The largest absolute Gasteiger partial charge is 0.462 e. The first kappa shape index (κ1) is 22.0. The van der Waals surface area contributed by atoms with Gasteiger partial charge in [-0.3, -0.25) is 4.79 Å². The number of amides is 1. The molecule has 0 radical (unpaired) electrons. The second-order valence-electron chi connectivity index (χ2n) is 7.40. The maximum absolute atomic E-state index is 14.1. The molecule has 1 amide bonds. The second kappa shape index (κ2) is 9.91. The molecule has 1 saturated heterocycles. The number of rotatable bonds is 5. The Balaban J connectivity index is 1.41. The summed E-state index contributed by atoms with van der Waals surface area (Å²) in [6.07, 6.45) is 2.33. The molecule has 8 heteroatoms. The van der Waals surface area contributed by atoms with Crippen LogP contribution in [0, 0.1) is 5.82 Å². The maximum atomic E-state index is 14.1. The molecule has 32 heavy (non-hydrogen) atoms. The molecule has 1 aromatic carbocycles. The summed E-state index contributed by atoms with van der Waals surface area (Å²) >= 11 is 1.31. The zero-order valence-electron chi connectivity index (χ0n) is 17.8. The number of anilines is 1. The molecule has 4 rings (SSSR count). The molecule has 0 spiro atoms. The van der Waals surface area contributed by atoms with E-state index < -0.39 is 0 Å². The van der Waals surface area contributed by atoms with E-state index in [-0.39, 0.29) is 17.7 Å². The fourth-order valence-electron chi connectivity index (χ4n) is 3.67. The van der Waals surface area contributed by atoms with E-state index in [1.807, 2.05) is 11.0 Å². The quantitative estimate of drug-likeness (QED) is 0.533. The van der Waals surface area contributed by atoms with E-state index in [1.165, 1.54) is 23.6 Å². The van der Waals surface area contributed by atoms with Crippen molar-refractivity contribution in [2.24, 2.45) is 0 Å². The molecule has 3 aromatic rings. The summed E-state index contributed by atoms with van der Waals surface area (Å²) in [4.78, 5) is 34.6. The highest BCUT2D eigenvalue weighted by Crippen LogP contribution is 2.31. The van der Waals surface area contributed by atoms with Crippen LogP contribution in [0.3, 0.4) is 0 Å². The van der Waals surface area contributed by atoms with Crippen LogP contribution < -0.4 is 4.90 Å². The predicted molar refractivity (Wildman–Crippen MR) is 123 cm³/mol. The van der Waals surface area contributed by atoms with Crippen molar-refractivity contribution < 1.29 is 18.7 Å². The monoisotopic (exact) mass is 453 g/mol. The van der Waals surface area contributed by atoms with Crippen molar-refractivity contribution >= 4 is 29.0 Å². The molecule has 1 fully saturated rings. The first-order valence-corrected chi connectivity index (χ1v) is 11.4. The fourth-order valence-corrected chi connectivity index (χ4v) is 4.67. The first-order chi connectivity index (χ1) is 15.6. The van der Waals surface area contributed by atoms with E-state index in [4.69, 9.17) is 4.74 Å². The molecule has 0 atom stereocenters. The van der Waals surface area contributed by atoms with Gasteiger partial charge in [-0.2, -0.15) is 0 Å². The lowest BCUT2D eigenvalue weighted by atomic mass is 10.2. The highest BCUT2D eigenvalue weighted by molar-refractivity contribution is 7.17. The van der Waals surface area contributed by atoms with Crippen LogP contribution in [-0.4, -0.2) is 54.5 Å². The summed E-state index contributed by atoms with van der Waals surface area (Å²) in [5.74, 6) is 0.0560. The van der Waals surface area contributed by atoms with Gasteiger partial charge in [0.05, 0.1) is 17.0 Å². The highest BCUT2D eigenvalue weighted by Gasteiger charge is 2.23. The van der Waals surface area contributed by atoms with Gasteiger partial charge in [0.2, 0.25) is 0 Å². The number of carbonyl (C=O) groups is 2. The van der Waals surface area contributed by atoms with Gasteiger partial charge in [-0.15, -0.1) is 11.3 Å². The number of pyridine rings is 1. The number of hydrogen-bond acceptors (Lipinski definition) is 6. The van der Waals surface area contributed by atoms with Gasteiger partial charge in [-0.25, -0.2) is 14.2 Å². The molecule has 3 heterocycles. The number of benzene rings is 1. The Bertz CT molecular complexity index is 1100. The van der Waals surface area contributed by atoms with Gasteiger partial charge in [0.25, 0.3) is 5.91 Å². The van der Waals surface area contributed by atoms with Crippen LogP contribution in [0.4, 0.5) is 10.2 Å². The molecule has 0 aliphatic carbocycles. The van der Waals surface area contributed by atoms with Crippen LogP contribution >= 0.6 is 11.3 Å². The molecule has 166 valence electrons. The van der Waals surface area contributed by atoms with Gasteiger partial charge >= 0.3 is 5.97 Å². The Morgan fingerprint density at radius 3 is 2.66 bits per heavy atom. The average molecular weight is 454 g/mol. The summed E-state index contributed by atoms with van der Waals surface area (Å²) in [7, 11) is 0. The minimum Gasteiger partial charge on any atom is -0.462 e. The summed E-state index contributed by atoms with van der Waals surface area (Å²) in [5, 5.41) is 0. The molecule has 0 unspecified atom stereocenters.